The number of hydrogen-bond acceptors (Lipinski definition) is 7. The third-order valence-corrected chi connectivity index (χ3v) is 5.12. The normalized spacial score (nSPS) is 16.7. The van der Waals surface area contributed by atoms with Gasteiger partial charge in [-0.15, -0.1) is 0 Å². The van der Waals surface area contributed by atoms with Gasteiger partial charge in [0.1, 0.15) is 5.75 Å². The van der Waals surface area contributed by atoms with Crippen LogP contribution in [0, 0.1) is 23.0 Å². The molecule has 1 heterocycles. The molecule has 9 heteroatoms. The number of ketones is 1. The molecule has 2 aromatic carbocycles. The number of esters is 1. The van der Waals surface area contributed by atoms with E-state index in [-0.39, 0.29) is 36.1 Å². The molecular weight excluding hydrogens is 404 g/mol. The second-order valence-electron chi connectivity index (χ2n) is 7.33. The molecule has 1 aliphatic heterocycles. The van der Waals surface area contributed by atoms with Crippen molar-refractivity contribution < 1.29 is 28.8 Å². The summed E-state index contributed by atoms with van der Waals surface area (Å²) in [5.74, 6) is -1.93. The van der Waals surface area contributed by atoms with Crippen molar-refractivity contribution in [2.24, 2.45) is 5.92 Å². The number of methoxy groups -OCH3 is 1. The first-order valence-electron chi connectivity index (χ1n) is 9.65. The molecule has 0 saturated carbocycles. The van der Waals surface area contributed by atoms with Crippen LogP contribution in [-0.2, 0) is 14.3 Å². The zero-order valence-electron chi connectivity index (χ0n) is 17.4. The van der Waals surface area contributed by atoms with Crippen molar-refractivity contribution in [2.45, 2.75) is 26.4 Å². The highest BCUT2D eigenvalue weighted by molar-refractivity contribution is 6.02. The zero-order chi connectivity index (χ0) is 22.7. The van der Waals surface area contributed by atoms with Crippen LogP contribution in [0.25, 0.3) is 0 Å². The molecule has 1 saturated heterocycles. The number of rotatable bonds is 7. The number of amides is 1. The summed E-state index contributed by atoms with van der Waals surface area (Å²) >= 11 is 0. The zero-order valence-corrected chi connectivity index (χ0v) is 17.4. The van der Waals surface area contributed by atoms with E-state index >= 15 is 0 Å². The Kier molecular flexibility index (Phi) is 6.33. The number of carbonyl (C=O) groups excluding carboxylic acids is 3. The van der Waals surface area contributed by atoms with Crippen molar-refractivity contribution >= 4 is 29.0 Å². The molecule has 1 aliphatic rings. The molecule has 3 rings (SSSR count). The summed E-state index contributed by atoms with van der Waals surface area (Å²) in [5, 5.41) is 11.0. The fraction of sp³-hybridized carbons (Fsp3) is 0.318. The Morgan fingerprint density at radius 2 is 1.87 bits per heavy atom. The molecule has 9 nitrogen and oxygen atoms in total. The summed E-state index contributed by atoms with van der Waals surface area (Å²) < 4.78 is 10.5. The number of non-ortho nitro benzene ring substituents is 1. The van der Waals surface area contributed by atoms with Crippen molar-refractivity contribution in [3.63, 3.8) is 0 Å². The van der Waals surface area contributed by atoms with Gasteiger partial charge in [0.25, 0.3) is 5.69 Å². The summed E-state index contributed by atoms with van der Waals surface area (Å²) in [6.45, 7) is 3.42. The smallest absolute Gasteiger partial charge is 0.312 e. The molecule has 0 N–H and O–H groups in total. The fourth-order valence-electron chi connectivity index (χ4n) is 3.38. The molecule has 0 unspecified atom stereocenters. The largest absolute Gasteiger partial charge is 0.494 e. The molecular formula is C22H22N2O7. The van der Waals surface area contributed by atoms with Gasteiger partial charge in [0.05, 0.1) is 29.7 Å². The number of benzene rings is 2. The Morgan fingerprint density at radius 3 is 2.48 bits per heavy atom. The van der Waals surface area contributed by atoms with Crippen LogP contribution in [0.1, 0.15) is 29.3 Å². The Hall–Kier alpha value is -3.75. The predicted octanol–water partition coefficient (Wildman–Crippen LogP) is 3.08. The number of anilines is 1. The Labute approximate surface area is 178 Å². The summed E-state index contributed by atoms with van der Waals surface area (Å²) in [4.78, 5) is 49.3. The monoisotopic (exact) mass is 426 g/mol. The van der Waals surface area contributed by atoms with Crippen molar-refractivity contribution in [3.8, 4) is 5.75 Å². The lowest BCUT2D eigenvalue weighted by Crippen LogP contribution is -2.30. The highest BCUT2D eigenvalue weighted by atomic mass is 16.6. The van der Waals surface area contributed by atoms with E-state index in [1.165, 1.54) is 37.1 Å². The van der Waals surface area contributed by atoms with E-state index in [9.17, 15) is 24.5 Å². The number of ether oxygens (including phenoxy) is 2. The standard InChI is InChI=1S/C22H22N2O7/c1-13-4-6-15(7-5-13)21(26)14(2)31-22(27)16-10-20(25)23(12-16)18-9-8-17(24(28)29)11-19(18)30-3/h4-9,11,14,16H,10,12H2,1-3H3/t14-,16+/m0/s1. The van der Waals surface area contributed by atoms with Crippen LogP contribution in [0.4, 0.5) is 11.4 Å². The van der Waals surface area contributed by atoms with Gasteiger partial charge in [-0.3, -0.25) is 24.5 Å². The molecule has 0 bridgehead atoms. The third-order valence-electron chi connectivity index (χ3n) is 5.12. The lowest BCUT2D eigenvalue weighted by molar-refractivity contribution is -0.384. The Balaban J connectivity index is 1.69. The maximum atomic E-state index is 12.6. The quantitative estimate of drug-likeness (QED) is 0.289. The molecule has 2 atom stereocenters. The molecule has 1 fully saturated rings. The Bertz CT molecular complexity index is 1030. The molecule has 2 aromatic rings. The van der Waals surface area contributed by atoms with E-state index in [2.05, 4.69) is 0 Å². The van der Waals surface area contributed by atoms with Gasteiger partial charge < -0.3 is 14.4 Å². The molecule has 31 heavy (non-hydrogen) atoms. The van der Waals surface area contributed by atoms with Gasteiger partial charge in [-0.2, -0.15) is 0 Å². The van der Waals surface area contributed by atoms with Gasteiger partial charge in [-0.05, 0) is 19.9 Å². The minimum atomic E-state index is -0.992. The second-order valence-corrected chi connectivity index (χ2v) is 7.33. The van der Waals surface area contributed by atoms with E-state index in [4.69, 9.17) is 9.47 Å². The van der Waals surface area contributed by atoms with E-state index in [0.29, 0.717) is 11.3 Å². The Morgan fingerprint density at radius 1 is 1.19 bits per heavy atom. The number of carbonyl (C=O) groups is 3. The highest BCUT2D eigenvalue weighted by Crippen LogP contribution is 2.36. The summed E-state index contributed by atoms with van der Waals surface area (Å²) in [6, 6.07) is 10.8. The molecule has 0 radical (unpaired) electrons. The molecule has 0 aliphatic carbocycles. The van der Waals surface area contributed by atoms with E-state index in [1.807, 2.05) is 6.92 Å². The average Bonchev–Trinajstić information content (AvgIpc) is 3.14. The maximum Gasteiger partial charge on any atom is 0.312 e. The summed E-state index contributed by atoms with van der Waals surface area (Å²) in [5.41, 5.74) is 1.60. The first kappa shape index (κ1) is 21.9. The van der Waals surface area contributed by atoms with Crippen LogP contribution in [-0.4, -0.2) is 42.3 Å². The minimum Gasteiger partial charge on any atom is -0.494 e. The van der Waals surface area contributed by atoms with Gasteiger partial charge in [0, 0.05) is 24.6 Å². The van der Waals surface area contributed by atoms with Crippen molar-refractivity contribution in [3.05, 3.63) is 63.7 Å². The van der Waals surface area contributed by atoms with Crippen LogP contribution >= 0.6 is 0 Å². The van der Waals surface area contributed by atoms with Gasteiger partial charge in [0.15, 0.2) is 6.10 Å². The first-order valence-corrected chi connectivity index (χ1v) is 9.65. The van der Waals surface area contributed by atoms with Crippen molar-refractivity contribution in [1.82, 2.24) is 0 Å². The highest BCUT2D eigenvalue weighted by Gasteiger charge is 2.38. The first-order chi connectivity index (χ1) is 14.7. The van der Waals surface area contributed by atoms with Crippen LogP contribution in [0.15, 0.2) is 42.5 Å². The number of nitro groups is 1. The fourth-order valence-corrected chi connectivity index (χ4v) is 3.38. The number of nitro benzene ring substituents is 1. The SMILES string of the molecule is COc1cc([N+](=O)[O-])ccc1N1C[C@H](C(=O)O[C@@H](C)C(=O)c2ccc(C)cc2)CC1=O. The number of nitrogens with zero attached hydrogens (tertiary/aromatic N) is 2. The van der Waals surface area contributed by atoms with Crippen LogP contribution in [0.3, 0.4) is 0 Å². The van der Waals surface area contributed by atoms with Gasteiger partial charge in [0.2, 0.25) is 11.7 Å². The average molecular weight is 426 g/mol. The van der Waals surface area contributed by atoms with E-state index < -0.39 is 22.9 Å². The molecule has 1 amide bonds. The van der Waals surface area contributed by atoms with Gasteiger partial charge >= 0.3 is 5.97 Å². The number of hydrogen-bond donors (Lipinski definition) is 0. The third kappa shape index (κ3) is 4.71. The second kappa shape index (κ2) is 8.95. The summed E-state index contributed by atoms with van der Waals surface area (Å²) in [7, 11) is 1.34. The maximum absolute atomic E-state index is 12.6. The van der Waals surface area contributed by atoms with Gasteiger partial charge in [-0.25, -0.2) is 0 Å². The van der Waals surface area contributed by atoms with E-state index in [0.717, 1.165) is 5.56 Å². The lowest BCUT2D eigenvalue weighted by Gasteiger charge is -2.19. The topological polar surface area (TPSA) is 116 Å². The van der Waals surface area contributed by atoms with Crippen LogP contribution in [0.5, 0.6) is 5.75 Å². The van der Waals surface area contributed by atoms with Crippen molar-refractivity contribution in [2.75, 3.05) is 18.6 Å². The predicted molar refractivity (Wildman–Crippen MR) is 111 cm³/mol. The molecule has 162 valence electrons. The van der Waals surface area contributed by atoms with Gasteiger partial charge in [-0.1, -0.05) is 29.8 Å². The summed E-state index contributed by atoms with van der Waals surface area (Å²) in [6.07, 6.45) is -1.09. The number of Topliss-reactive ketones (excluding diaryl/α,β-unsaturated/α-hetero) is 1. The van der Waals surface area contributed by atoms with Crippen molar-refractivity contribution in [1.29, 1.82) is 0 Å². The molecule has 0 aromatic heterocycles. The lowest BCUT2D eigenvalue weighted by atomic mass is 10.1. The van der Waals surface area contributed by atoms with Crippen LogP contribution < -0.4 is 9.64 Å². The molecule has 0 spiro atoms. The minimum absolute atomic E-state index is 0.0251. The number of aryl methyl sites for hydroxylation is 1. The van der Waals surface area contributed by atoms with E-state index in [1.54, 1.807) is 24.3 Å². The van der Waals surface area contributed by atoms with Crippen LogP contribution in [0.2, 0.25) is 0 Å².